The van der Waals surface area contributed by atoms with Crippen molar-refractivity contribution in [1.29, 1.82) is 0 Å². The largest absolute Gasteiger partial charge is 0.426 e. The van der Waals surface area contributed by atoms with Crippen molar-refractivity contribution >= 4 is 27.1 Å². The number of oxazole rings is 1. The van der Waals surface area contributed by atoms with E-state index in [-0.39, 0.29) is 23.4 Å². The Morgan fingerprint density at radius 2 is 1.85 bits per heavy atom. The molecule has 0 N–H and O–H groups in total. The predicted molar refractivity (Wildman–Crippen MR) is 118 cm³/mol. The molecular formula is C21H20N6O6S. The second kappa shape index (κ2) is 8.83. The van der Waals surface area contributed by atoms with Crippen LogP contribution in [0.1, 0.15) is 19.3 Å². The van der Waals surface area contributed by atoms with Crippen molar-refractivity contribution in [3.63, 3.8) is 0 Å². The Labute approximate surface area is 193 Å². The van der Waals surface area contributed by atoms with Gasteiger partial charge in [-0.2, -0.15) is 4.31 Å². The van der Waals surface area contributed by atoms with Crippen LogP contribution in [0.3, 0.4) is 0 Å². The number of benzene rings is 2. The molecule has 0 radical (unpaired) electrons. The number of sulfonamides is 1. The molecule has 0 spiro atoms. The number of esters is 1. The van der Waals surface area contributed by atoms with Gasteiger partial charge in [0.1, 0.15) is 12.1 Å². The summed E-state index contributed by atoms with van der Waals surface area (Å²) < 4.78 is 40.3. The first-order chi connectivity index (χ1) is 16.4. The van der Waals surface area contributed by atoms with Gasteiger partial charge in [0.2, 0.25) is 10.0 Å². The van der Waals surface area contributed by atoms with Crippen LogP contribution >= 0.6 is 0 Å². The number of ether oxygens (including phenoxy) is 1. The summed E-state index contributed by atoms with van der Waals surface area (Å²) in [6.45, 7) is 0.979. The highest BCUT2D eigenvalue weighted by molar-refractivity contribution is 7.89. The quantitative estimate of drug-likeness (QED) is 0.280. The van der Waals surface area contributed by atoms with E-state index in [1.807, 2.05) is 0 Å². The van der Waals surface area contributed by atoms with Crippen LogP contribution in [-0.4, -0.2) is 56.6 Å². The maximum Gasteiger partial charge on any atom is 0.419 e. The molecular weight excluding hydrogens is 464 g/mol. The molecule has 4 aromatic rings. The van der Waals surface area contributed by atoms with E-state index >= 15 is 0 Å². The maximum absolute atomic E-state index is 12.8. The van der Waals surface area contributed by atoms with Crippen LogP contribution in [0.4, 0.5) is 0 Å². The first-order valence-corrected chi connectivity index (χ1v) is 12.0. The topological polar surface area (TPSA) is 142 Å². The molecule has 2 aromatic carbocycles. The second-order valence-corrected chi connectivity index (χ2v) is 9.67. The van der Waals surface area contributed by atoms with Crippen molar-refractivity contribution in [2.75, 3.05) is 13.1 Å². The van der Waals surface area contributed by atoms with Gasteiger partial charge in [-0.15, -0.1) is 5.10 Å². The normalized spacial score (nSPS) is 14.6. The lowest BCUT2D eigenvalue weighted by Gasteiger charge is -2.15. The van der Waals surface area contributed by atoms with Gasteiger partial charge in [0.15, 0.2) is 5.58 Å². The summed E-state index contributed by atoms with van der Waals surface area (Å²) in [6.07, 6.45) is 3.01. The van der Waals surface area contributed by atoms with Crippen molar-refractivity contribution in [3.8, 4) is 11.4 Å². The molecule has 1 fully saturated rings. The summed E-state index contributed by atoms with van der Waals surface area (Å²) in [5, 5.41) is 10.9. The lowest BCUT2D eigenvalue weighted by molar-refractivity contribution is -0.134. The molecule has 5 rings (SSSR count). The Morgan fingerprint density at radius 3 is 2.56 bits per heavy atom. The lowest BCUT2D eigenvalue weighted by atomic mass is 10.3. The SMILES string of the molecule is O=C(CCn1c(=O)oc2cc(S(=O)(=O)N3CCCC3)ccc21)Oc1ccc(-n2cnnn2)cc1. The first kappa shape index (κ1) is 22.0. The van der Waals surface area contributed by atoms with E-state index < -0.39 is 21.7 Å². The summed E-state index contributed by atoms with van der Waals surface area (Å²) >= 11 is 0. The second-order valence-electron chi connectivity index (χ2n) is 7.73. The standard InChI is InChI=1S/C21H20N6O6S/c28-20(32-16-5-3-15(4-6-16)27-14-22-23-24-27)9-12-26-18-8-7-17(13-19(18)33-21(26)29)34(30,31)25-10-1-2-11-25/h3-8,13-14H,1-2,9-12H2. The van der Waals surface area contributed by atoms with Gasteiger partial charge in [-0.25, -0.2) is 17.9 Å². The van der Waals surface area contributed by atoms with Gasteiger partial charge in [-0.3, -0.25) is 9.36 Å². The third-order valence-electron chi connectivity index (χ3n) is 5.56. The van der Waals surface area contributed by atoms with Crippen LogP contribution in [-0.2, 0) is 21.4 Å². The highest BCUT2D eigenvalue weighted by atomic mass is 32.2. The number of aromatic nitrogens is 5. The van der Waals surface area contributed by atoms with Crippen molar-refractivity contribution < 1.29 is 22.4 Å². The summed E-state index contributed by atoms with van der Waals surface area (Å²) in [5.41, 5.74) is 1.26. The van der Waals surface area contributed by atoms with Crippen LogP contribution in [0.2, 0.25) is 0 Å². The number of fused-ring (bicyclic) bond motifs is 1. The molecule has 1 aliphatic heterocycles. The number of tetrazole rings is 1. The number of hydrogen-bond acceptors (Lipinski definition) is 9. The van der Waals surface area contributed by atoms with E-state index in [0.717, 1.165) is 12.8 Å². The van der Waals surface area contributed by atoms with Crippen LogP contribution in [0, 0.1) is 0 Å². The fourth-order valence-corrected chi connectivity index (χ4v) is 5.36. The van der Waals surface area contributed by atoms with Crippen LogP contribution < -0.4 is 10.5 Å². The number of nitrogens with zero attached hydrogens (tertiary/aromatic N) is 6. The average Bonchev–Trinajstić information content (AvgIpc) is 3.59. The van der Waals surface area contributed by atoms with Crippen LogP contribution in [0.15, 0.2) is 62.9 Å². The number of aryl methyl sites for hydroxylation is 1. The van der Waals surface area contributed by atoms with Crippen LogP contribution in [0.25, 0.3) is 16.8 Å². The highest BCUT2D eigenvalue weighted by Gasteiger charge is 2.28. The van der Waals surface area contributed by atoms with E-state index in [2.05, 4.69) is 15.5 Å². The molecule has 0 bridgehead atoms. The lowest BCUT2D eigenvalue weighted by Crippen LogP contribution is -2.27. The van der Waals surface area contributed by atoms with Gasteiger partial charge in [0.25, 0.3) is 0 Å². The Bertz CT molecular complexity index is 1490. The molecule has 0 saturated carbocycles. The molecule has 0 amide bonds. The monoisotopic (exact) mass is 484 g/mol. The van der Waals surface area contributed by atoms with Gasteiger partial charge in [0, 0.05) is 25.7 Å². The zero-order valence-electron chi connectivity index (χ0n) is 17.9. The number of rotatable bonds is 7. The van der Waals surface area contributed by atoms with E-state index in [1.165, 1.54) is 38.1 Å². The fraction of sp³-hybridized carbons (Fsp3) is 0.286. The Hall–Kier alpha value is -3.84. The smallest absolute Gasteiger partial charge is 0.419 e. The van der Waals surface area contributed by atoms with Crippen LogP contribution in [0.5, 0.6) is 5.75 Å². The number of hydrogen-bond donors (Lipinski definition) is 0. The van der Waals surface area contributed by atoms with Gasteiger partial charge in [-0.1, -0.05) is 0 Å². The van der Waals surface area contributed by atoms with Crippen molar-refractivity contribution in [2.24, 2.45) is 0 Å². The minimum atomic E-state index is -3.64. The molecule has 1 aliphatic rings. The molecule has 34 heavy (non-hydrogen) atoms. The third kappa shape index (κ3) is 4.22. The molecule has 2 aromatic heterocycles. The zero-order chi connectivity index (χ0) is 23.7. The Kier molecular flexibility index (Phi) is 5.71. The zero-order valence-corrected chi connectivity index (χ0v) is 18.7. The van der Waals surface area contributed by atoms with Gasteiger partial charge in [-0.05, 0) is 59.7 Å². The third-order valence-corrected chi connectivity index (χ3v) is 7.46. The summed E-state index contributed by atoms with van der Waals surface area (Å²) in [4.78, 5) is 24.7. The number of carbonyl (C=O) groups is 1. The molecule has 3 heterocycles. The maximum atomic E-state index is 12.8. The molecule has 1 saturated heterocycles. The molecule has 0 aliphatic carbocycles. The Balaban J connectivity index is 1.27. The van der Waals surface area contributed by atoms with Gasteiger partial charge in [0.05, 0.1) is 22.5 Å². The van der Waals surface area contributed by atoms with Gasteiger partial charge < -0.3 is 9.15 Å². The van der Waals surface area contributed by atoms with Crippen molar-refractivity contribution in [1.82, 2.24) is 29.1 Å². The summed E-state index contributed by atoms with van der Waals surface area (Å²) in [7, 11) is -3.64. The first-order valence-electron chi connectivity index (χ1n) is 10.6. The fourth-order valence-electron chi connectivity index (χ4n) is 3.83. The minimum Gasteiger partial charge on any atom is -0.426 e. The molecule has 12 nitrogen and oxygen atoms in total. The predicted octanol–water partition coefficient (Wildman–Crippen LogP) is 1.35. The minimum absolute atomic E-state index is 0.0194. The average molecular weight is 484 g/mol. The summed E-state index contributed by atoms with van der Waals surface area (Å²) in [6, 6.07) is 10.9. The van der Waals surface area contributed by atoms with E-state index in [4.69, 9.17) is 9.15 Å². The van der Waals surface area contributed by atoms with Crippen molar-refractivity contribution in [2.45, 2.75) is 30.7 Å². The van der Waals surface area contributed by atoms with Crippen molar-refractivity contribution in [3.05, 3.63) is 59.3 Å². The highest BCUT2D eigenvalue weighted by Crippen LogP contribution is 2.24. The van der Waals surface area contributed by atoms with E-state index in [0.29, 0.717) is 30.0 Å². The number of carbonyl (C=O) groups excluding carboxylic acids is 1. The van der Waals surface area contributed by atoms with Gasteiger partial charge >= 0.3 is 11.7 Å². The molecule has 13 heteroatoms. The van der Waals surface area contributed by atoms with E-state index in [9.17, 15) is 18.0 Å². The van der Waals surface area contributed by atoms with E-state index in [1.54, 1.807) is 24.3 Å². The molecule has 176 valence electrons. The molecule has 0 atom stereocenters. The summed E-state index contributed by atoms with van der Waals surface area (Å²) in [5.74, 6) is -0.878. The Morgan fingerprint density at radius 1 is 1.09 bits per heavy atom. The molecule has 0 unspecified atom stereocenters.